The second-order valence-electron chi connectivity index (χ2n) is 5.58. The Morgan fingerprint density at radius 3 is 2.69 bits per heavy atom. The van der Waals surface area contributed by atoms with Crippen LogP contribution in [0.3, 0.4) is 0 Å². The third kappa shape index (κ3) is 2.93. The van der Waals surface area contributed by atoms with Gasteiger partial charge in [-0.25, -0.2) is 4.98 Å². The van der Waals surface area contributed by atoms with Crippen LogP contribution in [0, 0.1) is 0 Å². The number of carbonyl (C=O) groups is 1. The SMILES string of the molecule is O=C(O)CCn1c(-c2ccncc2)nc2scc(-c3cccs3)c2c1=O. The van der Waals surface area contributed by atoms with Gasteiger partial charge in [0.1, 0.15) is 10.7 Å². The summed E-state index contributed by atoms with van der Waals surface area (Å²) < 4.78 is 1.45. The van der Waals surface area contributed by atoms with E-state index in [1.165, 1.54) is 15.9 Å². The van der Waals surface area contributed by atoms with Crippen molar-refractivity contribution in [1.82, 2.24) is 14.5 Å². The van der Waals surface area contributed by atoms with E-state index in [4.69, 9.17) is 5.11 Å². The van der Waals surface area contributed by atoms with Crippen LogP contribution in [0.2, 0.25) is 0 Å². The molecule has 1 N–H and O–H groups in total. The van der Waals surface area contributed by atoms with Gasteiger partial charge in [0.2, 0.25) is 0 Å². The zero-order valence-corrected chi connectivity index (χ0v) is 15.1. The van der Waals surface area contributed by atoms with Crippen LogP contribution in [-0.2, 0) is 11.3 Å². The highest BCUT2D eigenvalue weighted by atomic mass is 32.1. The largest absolute Gasteiger partial charge is 0.481 e. The van der Waals surface area contributed by atoms with Crippen molar-refractivity contribution in [2.24, 2.45) is 0 Å². The first-order valence-corrected chi connectivity index (χ1v) is 9.59. The number of nitrogens with zero attached hydrogens (tertiary/aromatic N) is 3. The summed E-state index contributed by atoms with van der Waals surface area (Å²) in [4.78, 5) is 34.6. The van der Waals surface area contributed by atoms with Gasteiger partial charge in [0.25, 0.3) is 5.56 Å². The summed E-state index contributed by atoms with van der Waals surface area (Å²) in [5, 5.41) is 13.5. The van der Waals surface area contributed by atoms with E-state index in [9.17, 15) is 9.59 Å². The molecule has 8 heteroatoms. The van der Waals surface area contributed by atoms with Crippen molar-refractivity contribution in [2.75, 3.05) is 0 Å². The molecule has 4 heterocycles. The van der Waals surface area contributed by atoms with Crippen LogP contribution < -0.4 is 5.56 Å². The summed E-state index contributed by atoms with van der Waals surface area (Å²) in [5.74, 6) is -0.493. The summed E-state index contributed by atoms with van der Waals surface area (Å²) in [6, 6.07) is 7.42. The average molecular weight is 383 g/mol. The summed E-state index contributed by atoms with van der Waals surface area (Å²) in [6.45, 7) is 0.0640. The quantitative estimate of drug-likeness (QED) is 0.568. The van der Waals surface area contributed by atoms with Crippen LogP contribution in [0.5, 0.6) is 0 Å². The van der Waals surface area contributed by atoms with E-state index < -0.39 is 5.97 Å². The highest BCUT2D eigenvalue weighted by Gasteiger charge is 2.18. The van der Waals surface area contributed by atoms with Gasteiger partial charge in [-0.05, 0) is 23.6 Å². The molecule has 0 saturated carbocycles. The Kier molecular flexibility index (Phi) is 4.36. The highest BCUT2D eigenvalue weighted by molar-refractivity contribution is 7.18. The lowest BCUT2D eigenvalue weighted by molar-refractivity contribution is -0.137. The number of aliphatic carboxylic acids is 1. The molecule has 4 aromatic heterocycles. The molecule has 0 spiro atoms. The van der Waals surface area contributed by atoms with Gasteiger partial charge in [-0.3, -0.25) is 19.1 Å². The van der Waals surface area contributed by atoms with Gasteiger partial charge in [0.15, 0.2) is 0 Å². The molecule has 6 nitrogen and oxygen atoms in total. The topological polar surface area (TPSA) is 85.1 Å². The van der Waals surface area contributed by atoms with Crippen LogP contribution in [0.4, 0.5) is 0 Å². The maximum absolute atomic E-state index is 13.2. The first-order chi connectivity index (χ1) is 12.6. The van der Waals surface area contributed by atoms with E-state index in [1.807, 2.05) is 22.9 Å². The summed E-state index contributed by atoms with van der Waals surface area (Å²) >= 11 is 2.98. The molecule has 0 aliphatic heterocycles. The molecule has 26 heavy (non-hydrogen) atoms. The van der Waals surface area contributed by atoms with Crippen LogP contribution in [0.25, 0.3) is 32.0 Å². The van der Waals surface area contributed by atoms with Crippen molar-refractivity contribution in [2.45, 2.75) is 13.0 Å². The maximum atomic E-state index is 13.2. The number of carboxylic acids is 1. The molecular weight excluding hydrogens is 370 g/mol. The second kappa shape index (κ2) is 6.81. The lowest BCUT2D eigenvalue weighted by atomic mass is 10.2. The molecule has 0 unspecified atom stereocenters. The number of rotatable bonds is 5. The Hall–Kier alpha value is -2.84. The lowest BCUT2D eigenvalue weighted by Crippen LogP contribution is -2.24. The Bertz CT molecular complexity index is 1130. The number of fused-ring (bicyclic) bond motifs is 1. The number of carboxylic acid groups (broad SMARTS) is 1. The lowest BCUT2D eigenvalue weighted by Gasteiger charge is -2.12. The Labute approximate surface area is 156 Å². The number of hydrogen-bond acceptors (Lipinski definition) is 6. The third-order valence-corrected chi connectivity index (χ3v) is 5.74. The highest BCUT2D eigenvalue weighted by Crippen LogP contribution is 2.34. The van der Waals surface area contributed by atoms with Crippen LogP contribution in [0.1, 0.15) is 6.42 Å². The van der Waals surface area contributed by atoms with Crippen molar-refractivity contribution < 1.29 is 9.90 Å². The van der Waals surface area contributed by atoms with Gasteiger partial charge in [0, 0.05) is 40.3 Å². The van der Waals surface area contributed by atoms with Crippen molar-refractivity contribution >= 4 is 38.9 Å². The standard InChI is InChI=1S/C18H13N3O3S2/c22-14(23)5-8-21-16(11-3-6-19-7-4-11)20-17-15(18(21)24)12(10-26-17)13-2-1-9-25-13/h1-4,6-7,9-10H,5,8H2,(H,22,23). The number of pyridine rings is 1. The molecule has 4 rings (SSSR count). The fraction of sp³-hybridized carbons (Fsp3) is 0.111. The minimum Gasteiger partial charge on any atom is -0.481 e. The number of thiophene rings is 2. The molecule has 0 aliphatic carbocycles. The van der Waals surface area contributed by atoms with Gasteiger partial charge in [-0.2, -0.15) is 0 Å². The van der Waals surface area contributed by atoms with Crippen molar-refractivity contribution in [1.29, 1.82) is 0 Å². The van der Waals surface area contributed by atoms with Crippen LogP contribution in [-0.4, -0.2) is 25.6 Å². The van der Waals surface area contributed by atoms with E-state index in [-0.39, 0.29) is 18.5 Å². The van der Waals surface area contributed by atoms with Crippen molar-refractivity contribution in [3.63, 3.8) is 0 Å². The fourth-order valence-corrected chi connectivity index (χ4v) is 4.53. The minimum absolute atomic E-state index is 0.0640. The van der Waals surface area contributed by atoms with E-state index in [0.29, 0.717) is 16.0 Å². The summed E-state index contributed by atoms with van der Waals surface area (Å²) in [6.07, 6.45) is 3.10. The number of aromatic nitrogens is 3. The van der Waals surface area contributed by atoms with Gasteiger partial charge in [-0.15, -0.1) is 22.7 Å². The van der Waals surface area contributed by atoms with Crippen LogP contribution in [0.15, 0.2) is 52.2 Å². The minimum atomic E-state index is -0.957. The average Bonchev–Trinajstić information content (AvgIpc) is 3.30. The summed E-state index contributed by atoms with van der Waals surface area (Å²) in [5.41, 5.74) is 1.37. The van der Waals surface area contributed by atoms with Crippen molar-refractivity contribution in [3.05, 3.63) is 57.8 Å². The Morgan fingerprint density at radius 1 is 1.19 bits per heavy atom. The van der Waals surface area contributed by atoms with Crippen molar-refractivity contribution in [3.8, 4) is 21.8 Å². The van der Waals surface area contributed by atoms with Gasteiger partial charge in [0.05, 0.1) is 11.8 Å². The molecule has 0 amide bonds. The molecule has 0 saturated heterocycles. The molecular formula is C18H13N3O3S2. The zero-order valence-electron chi connectivity index (χ0n) is 13.5. The predicted octanol–water partition coefficient (Wildman–Crippen LogP) is 3.72. The maximum Gasteiger partial charge on any atom is 0.305 e. The molecule has 0 fully saturated rings. The molecule has 0 bridgehead atoms. The Morgan fingerprint density at radius 2 is 2.00 bits per heavy atom. The van der Waals surface area contributed by atoms with Gasteiger partial charge in [-0.1, -0.05) is 6.07 Å². The normalized spacial score (nSPS) is 11.1. The van der Waals surface area contributed by atoms with E-state index in [1.54, 1.807) is 35.9 Å². The van der Waals surface area contributed by atoms with E-state index in [2.05, 4.69) is 9.97 Å². The van der Waals surface area contributed by atoms with Gasteiger partial charge < -0.3 is 5.11 Å². The molecule has 0 aliphatic rings. The number of hydrogen-bond donors (Lipinski definition) is 1. The first-order valence-electron chi connectivity index (χ1n) is 7.83. The Balaban J connectivity index is 1.98. The predicted molar refractivity (Wildman–Crippen MR) is 103 cm³/mol. The monoisotopic (exact) mass is 383 g/mol. The first kappa shape index (κ1) is 16.6. The summed E-state index contributed by atoms with van der Waals surface area (Å²) in [7, 11) is 0. The van der Waals surface area contributed by atoms with E-state index >= 15 is 0 Å². The third-order valence-electron chi connectivity index (χ3n) is 3.97. The molecule has 4 aromatic rings. The van der Waals surface area contributed by atoms with E-state index in [0.717, 1.165) is 16.0 Å². The van der Waals surface area contributed by atoms with Crippen LogP contribution >= 0.6 is 22.7 Å². The zero-order chi connectivity index (χ0) is 18.1. The molecule has 0 radical (unpaired) electrons. The molecule has 0 atom stereocenters. The van der Waals surface area contributed by atoms with Gasteiger partial charge >= 0.3 is 5.97 Å². The molecule has 130 valence electrons. The fourth-order valence-electron chi connectivity index (χ4n) is 2.77. The second-order valence-corrected chi connectivity index (χ2v) is 7.38. The molecule has 0 aromatic carbocycles. The smallest absolute Gasteiger partial charge is 0.305 e.